The Hall–Kier alpha value is -1.83. The number of benzene rings is 1. The van der Waals surface area contributed by atoms with Gasteiger partial charge in [0.2, 0.25) is 0 Å². The lowest BCUT2D eigenvalue weighted by atomic mass is 10.0. The summed E-state index contributed by atoms with van der Waals surface area (Å²) >= 11 is 0. The zero-order valence-corrected chi connectivity index (χ0v) is 12.7. The van der Waals surface area contributed by atoms with Gasteiger partial charge in [0.25, 0.3) is 0 Å². The molecular formula is C19H23NO. The number of hydrogen-bond donors (Lipinski definition) is 0. The van der Waals surface area contributed by atoms with Crippen LogP contribution in [0.2, 0.25) is 0 Å². The molecule has 0 spiro atoms. The van der Waals surface area contributed by atoms with Gasteiger partial charge in [0.05, 0.1) is 6.10 Å². The molecule has 1 fully saturated rings. The van der Waals surface area contributed by atoms with Crippen molar-refractivity contribution in [2.75, 3.05) is 0 Å². The van der Waals surface area contributed by atoms with Gasteiger partial charge in [0.1, 0.15) is 5.75 Å². The van der Waals surface area contributed by atoms with Gasteiger partial charge in [-0.25, -0.2) is 0 Å². The summed E-state index contributed by atoms with van der Waals surface area (Å²) in [7, 11) is 0. The van der Waals surface area contributed by atoms with E-state index in [4.69, 9.17) is 4.74 Å². The Labute approximate surface area is 127 Å². The van der Waals surface area contributed by atoms with Crippen LogP contribution in [-0.2, 0) is 12.8 Å². The van der Waals surface area contributed by atoms with Crippen LogP contribution in [-0.4, -0.2) is 11.1 Å². The van der Waals surface area contributed by atoms with Crippen molar-refractivity contribution >= 4 is 0 Å². The van der Waals surface area contributed by atoms with Crippen molar-refractivity contribution in [2.24, 2.45) is 0 Å². The van der Waals surface area contributed by atoms with Gasteiger partial charge in [-0.3, -0.25) is 4.98 Å². The fourth-order valence-electron chi connectivity index (χ4n) is 2.95. The van der Waals surface area contributed by atoms with E-state index in [1.807, 2.05) is 12.4 Å². The average molecular weight is 281 g/mol. The molecule has 21 heavy (non-hydrogen) atoms. The Bertz CT molecular complexity index is 573. The summed E-state index contributed by atoms with van der Waals surface area (Å²) in [6.45, 7) is 2.14. The van der Waals surface area contributed by atoms with E-state index in [-0.39, 0.29) is 0 Å². The molecule has 1 aromatic carbocycles. The molecule has 0 aliphatic heterocycles. The molecule has 0 bridgehead atoms. The first-order valence-corrected chi connectivity index (χ1v) is 7.96. The van der Waals surface area contributed by atoms with Crippen LogP contribution in [0.15, 0.2) is 42.7 Å². The van der Waals surface area contributed by atoms with Crippen molar-refractivity contribution in [3.05, 3.63) is 59.4 Å². The van der Waals surface area contributed by atoms with Gasteiger partial charge >= 0.3 is 0 Å². The quantitative estimate of drug-likeness (QED) is 0.805. The van der Waals surface area contributed by atoms with E-state index in [0.717, 1.165) is 18.6 Å². The minimum Gasteiger partial charge on any atom is -0.490 e. The second kappa shape index (κ2) is 6.75. The second-order valence-corrected chi connectivity index (χ2v) is 5.98. The minimum absolute atomic E-state index is 0.430. The largest absolute Gasteiger partial charge is 0.490 e. The van der Waals surface area contributed by atoms with Gasteiger partial charge in [-0.1, -0.05) is 12.1 Å². The maximum atomic E-state index is 6.19. The molecule has 0 amide bonds. The van der Waals surface area contributed by atoms with E-state index in [1.54, 1.807) is 0 Å². The summed E-state index contributed by atoms with van der Waals surface area (Å²) in [6, 6.07) is 10.8. The number of aromatic nitrogens is 1. The van der Waals surface area contributed by atoms with Crippen molar-refractivity contribution < 1.29 is 4.74 Å². The summed E-state index contributed by atoms with van der Waals surface area (Å²) < 4.78 is 6.19. The summed E-state index contributed by atoms with van der Waals surface area (Å²) in [5.41, 5.74) is 3.93. The SMILES string of the molecule is Cc1ccc(CCc2ccncc2)cc1OC1CCCC1. The van der Waals surface area contributed by atoms with Gasteiger partial charge < -0.3 is 4.74 Å². The molecule has 0 radical (unpaired) electrons. The van der Waals surface area contributed by atoms with E-state index in [0.29, 0.717) is 6.10 Å². The van der Waals surface area contributed by atoms with Crippen LogP contribution in [0.3, 0.4) is 0 Å². The predicted octanol–water partition coefficient (Wildman–Crippen LogP) is 4.50. The average Bonchev–Trinajstić information content (AvgIpc) is 3.02. The van der Waals surface area contributed by atoms with Crippen molar-refractivity contribution in [1.82, 2.24) is 4.98 Å². The third-order valence-electron chi connectivity index (χ3n) is 4.30. The van der Waals surface area contributed by atoms with E-state index in [2.05, 4.69) is 42.2 Å². The molecule has 2 aromatic rings. The molecule has 1 aliphatic rings. The zero-order valence-electron chi connectivity index (χ0n) is 12.7. The number of ether oxygens (including phenoxy) is 1. The van der Waals surface area contributed by atoms with Gasteiger partial charge in [-0.05, 0) is 80.3 Å². The molecular weight excluding hydrogens is 258 g/mol. The van der Waals surface area contributed by atoms with Crippen molar-refractivity contribution in [3.8, 4) is 5.75 Å². The van der Waals surface area contributed by atoms with Crippen molar-refractivity contribution in [3.63, 3.8) is 0 Å². The number of rotatable bonds is 5. The molecule has 0 N–H and O–H groups in total. The van der Waals surface area contributed by atoms with Gasteiger partial charge in [-0.2, -0.15) is 0 Å². The topological polar surface area (TPSA) is 22.1 Å². The minimum atomic E-state index is 0.430. The number of nitrogens with zero attached hydrogens (tertiary/aromatic N) is 1. The monoisotopic (exact) mass is 281 g/mol. The predicted molar refractivity (Wildman–Crippen MR) is 85.7 cm³/mol. The second-order valence-electron chi connectivity index (χ2n) is 5.98. The molecule has 1 heterocycles. The van der Waals surface area contributed by atoms with Crippen LogP contribution in [0.1, 0.15) is 42.4 Å². The lowest BCUT2D eigenvalue weighted by Crippen LogP contribution is -2.11. The third kappa shape index (κ3) is 3.84. The highest BCUT2D eigenvalue weighted by atomic mass is 16.5. The van der Waals surface area contributed by atoms with E-state index in [1.165, 1.54) is 42.4 Å². The van der Waals surface area contributed by atoms with Crippen LogP contribution < -0.4 is 4.74 Å². The van der Waals surface area contributed by atoms with Gasteiger partial charge in [-0.15, -0.1) is 0 Å². The standard InChI is InChI=1S/C19H23NO/c1-15-6-7-17(9-8-16-10-12-20-13-11-16)14-19(15)21-18-4-2-3-5-18/h6-7,10-14,18H,2-5,8-9H2,1H3. The van der Waals surface area contributed by atoms with Crippen LogP contribution in [0.4, 0.5) is 0 Å². The molecule has 0 saturated heterocycles. The maximum absolute atomic E-state index is 6.19. The first-order chi connectivity index (χ1) is 10.3. The highest BCUT2D eigenvalue weighted by molar-refractivity contribution is 5.37. The van der Waals surface area contributed by atoms with Crippen molar-refractivity contribution in [2.45, 2.75) is 51.6 Å². The molecule has 3 rings (SSSR count). The smallest absolute Gasteiger partial charge is 0.122 e. The zero-order chi connectivity index (χ0) is 14.5. The number of aryl methyl sites for hydroxylation is 3. The van der Waals surface area contributed by atoms with Crippen molar-refractivity contribution in [1.29, 1.82) is 0 Å². The summed E-state index contributed by atoms with van der Waals surface area (Å²) in [5.74, 6) is 1.08. The fourth-order valence-corrected chi connectivity index (χ4v) is 2.95. The molecule has 1 aromatic heterocycles. The van der Waals surface area contributed by atoms with E-state index < -0.39 is 0 Å². The van der Waals surface area contributed by atoms with Crippen LogP contribution in [0.5, 0.6) is 5.75 Å². The van der Waals surface area contributed by atoms with E-state index >= 15 is 0 Å². The maximum Gasteiger partial charge on any atom is 0.122 e. The molecule has 0 atom stereocenters. The fraction of sp³-hybridized carbons (Fsp3) is 0.421. The summed E-state index contributed by atoms with van der Waals surface area (Å²) in [4.78, 5) is 4.06. The lowest BCUT2D eigenvalue weighted by molar-refractivity contribution is 0.208. The number of pyridine rings is 1. The highest BCUT2D eigenvalue weighted by Gasteiger charge is 2.17. The molecule has 2 nitrogen and oxygen atoms in total. The van der Waals surface area contributed by atoms with Crippen LogP contribution in [0.25, 0.3) is 0 Å². The van der Waals surface area contributed by atoms with Crippen LogP contribution >= 0.6 is 0 Å². The molecule has 1 aliphatic carbocycles. The highest BCUT2D eigenvalue weighted by Crippen LogP contribution is 2.27. The Morgan fingerprint density at radius 1 is 1.00 bits per heavy atom. The molecule has 2 heteroatoms. The number of hydrogen-bond acceptors (Lipinski definition) is 2. The Balaban J connectivity index is 1.65. The van der Waals surface area contributed by atoms with Gasteiger partial charge in [0.15, 0.2) is 0 Å². The Morgan fingerprint density at radius 2 is 1.71 bits per heavy atom. The van der Waals surface area contributed by atoms with E-state index in [9.17, 15) is 0 Å². The first kappa shape index (κ1) is 14.1. The third-order valence-corrected chi connectivity index (χ3v) is 4.30. The van der Waals surface area contributed by atoms with Gasteiger partial charge in [0, 0.05) is 12.4 Å². The Morgan fingerprint density at radius 3 is 2.48 bits per heavy atom. The molecule has 1 saturated carbocycles. The first-order valence-electron chi connectivity index (χ1n) is 7.96. The normalized spacial score (nSPS) is 15.3. The molecule has 0 unspecified atom stereocenters. The summed E-state index contributed by atoms with van der Waals surface area (Å²) in [5, 5.41) is 0. The lowest BCUT2D eigenvalue weighted by Gasteiger charge is -2.16. The Kier molecular flexibility index (Phi) is 4.54. The molecule has 110 valence electrons. The van der Waals surface area contributed by atoms with Crippen LogP contribution in [0, 0.1) is 6.92 Å². The summed E-state index contributed by atoms with van der Waals surface area (Å²) in [6.07, 6.45) is 11.3.